The average Bonchev–Trinajstić information content (AvgIpc) is 3.35. The van der Waals surface area contributed by atoms with Crippen LogP contribution in [0.25, 0.3) is 33.5 Å². The first kappa shape index (κ1) is 18.9. The van der Waals surface area contributed by atoms with Crippen LogP contribution < -0.4 is 10.3 Å². The van der Waals surface area contributed by atoms with Gasteiger partial charge in [-0.1, -0.05) is 18.2 Å². The van der Waals surface area contributed by atoms with Crippen molar-refractivity contribution in [3.63, 3.8) is 0 Å². The predicted molar refractivity (Wildman–Crippen MR) is 121 cm³/mol. The van der Waals surface area contributed by atoms with Gasteiger partial charge >= 0.3 is 0 Å². The summed E-state index contributed by atoms with van der Waals surface area (Å²) < 4.78 is 12.8. The normalized spacial score (nSPS) is 11.7. The van der Waals surface area contributed by atoms with Gasteiger partial charge in [0.05, 0.1) is 29.6 Å². The van der Waals surface area contributed by atoms with Gasteiger partial charge in [-0.25, -0.2) is 4.98 Å². The second-order valence-electron chi connectivity index (χ2n) is 7.33. The lowest BCUT2D eigenvalue weighted by molar-refractivity contribution is 0.419. The quantitative estimate of drug-likeness (QED) is 0.436. The third-order valence-corrected chi connectivity index (χ3v) is 5.22. The lowest BCUT2D eigenvalue weighted by atomic mass is 10.2. The first-order valence-corrected chi connectivity index (χ1v) is 9.84. The van der Waals surface area contributed by atoms with Crippen LogP contribution in [-0.2, 0) is 0 Å². The molecule has 0 unspecified atom stereocenters. The van der Waals surface area contributed by atoms with Gasteiger partial charge < -0.3 is 14.1 Å². The molecule has 5 aromatic rings. The Morgan fingerprint density at radius 3 is 2.71 bits per heavy atom. The molecule has 0 aliphatic rings. The number of hydrogen-bond donors (Lipinski definition) is 1. The maximum atomic E-state index is 13.3. The number of benzene rings is 2. The van der Waals surface area contributed by atoms with Crippen LogP contribution >= 0.6 is 0 Å². The van der Waals surface area contributed by atoms with E-state index in [0.717, 1.165) is 22.3 Å². The highest BCUT2D eigenvalue weighted by Crippen LogP contribution is 2.32. The van der Waals surface area contributed by atoms with E-state index in [9.17, 15) is 4.79 Å². The van der Waals surface area contributed by atoms with Crippen molar-refractivity contribution >= 4 is 28.1 Å². The summed E-state index contributed by atoms with van der Waals surface area (Å²) in [6.07, 6.45) is 1.66. The number of hydrogen-bond acceptors (Lipinski definition) is 5. The van der Waals surface area contributed by atoms with Gasteiger partial charge in [0.15, 0.2) is 5.76 Å². The van der Waals surface area contributed by atoms with Crippen LogP contribution in [0.2, 0.25) is 0 Å². The van der Waals surface area contributed by atoms with E-state index in [1.165, 1.54) is 4.68 Å². The summed E-state index contributed by atoms with van der Waals surface area (Å²) in [6.45, 7) is 3.93. The van der Waals surface area contributed by atoms with Gasteiger partial charge in [0.2, 0.25) is 5.82 Å². The summed E-state index contributed by atoms with van der Waals surface area (Å²) in [5.74, 6) is 1.44. The van der Waals surface area contributed by atoms with Crippen LogP contribution in [0.5, 0.6) is 5.75 Å². The summed E-state index contributed by atoms with van der Waals surface area (Å²) >= 11 is 0. The first-order chi connectivity index (χ1) is 15.0. The monoisotopic (exact) mass is 412 g/mol. The molecule has 0 bridgehead atoms. The molecule has 7 nitrogen and oxygen atoms in total. The maximum Gasteiger partial charge on any atom is 0.282 e. The van der Waals surface area contributed by atoms with Crippen molar-refractivity contribution in [1.82, 2.24) is 14.6 Å². The number of para-hydroxylation sites is 1. The molecule has 0 saturated heterocycles. The Morgan fingerprint density at radius 2 is 1.94 bits per heavy atom. The molecule has 0 atom stereocenters. The fourth-order valence-electron chi connectivity index (χ4n) is 3.71. The van der Waals surface area contributed by atoms with E-state index < -0.39 is 0 Å². The van der Waals surface area contributed by atoms with Crippen molar-refractivity contribution in [3.05, 3.63) is 81.9 Å². The highest BCUT2D eigenvalue weighted by Gasteiger charge is 2.17. The van der Waals surface area contributed by atoms with Crippen molar-refractivity contribution in [2.75, 3.05) is 7.11 Å². The van der Waals surface area contributed by atoms with Gasteiger partial charge in [-0.3, -0.25) is 4.79 Å². The zero-order valence-electron chi connectivity index (χ0n) is 17.3. The van der Waals surface area contributed by atoms with E-state index in [-0.39, 0.29) is 5.56 Å². The molecule has 1 N–H and O–H groups in total. The maximum absolute atomic E-state index is 13.3. The molecule has 0 fully saturated rings. The minimum Gasteiger partial charge on any atom is -0.496 e. The third-order valence-electron chi connectivity index (χ3n) is 5.22. The molecule has 0 aliphatic heterocycles. The molecule has 0 aliphatic carbocycles. The van der Waals surface area contributed by atoms with Crippen LogP contribution in [-0.4, -0.2) is 28.0 Å². The topological polar surface area (TPSA) is 85.4 Å². The van der Waals surface area contributed by atoms with E-state index in [1.807, 2.05) is 56.3 Å². The number of ether oxygens (including phenoxy) is 1. The Bertz CT molecular complexity index is 1520. The Kier molecular flexibility index (Phi) is 4.43. The van der Waals surface area contributed by atoms with Crippen LogP contribution in [0, 0.1) is 13.8 Å². The van der Waals surface area contributed by atoms with E-state index in [0.29, 0.717) is 33.8 Å². The smallest absolute Gasteiger partial charge is 0.282 e. The molecule has 3 aromatic heterocycles. The average molecular weight is 412 g/mol. The van der Waals surface area contributed by atoms with Crippen molar-refractivity contribution in [1.29, 1.82) is 0 Å². The van der Waals surface area contributed by atoms with E-state index >= 15 is 0 Å². The fraction of sp³-hybridized carbons (Fsp3) is 0.125. The number of nitrogens with one attached hydrogen (secondary N) is 1. The van der Waals surface area contributed by atoms with Gasteiger partial charge in [-0.2, -0.15) is 9.78 Å². The van der Waals surface area contributed by atoms with Crippen molar-refractivity contribution < 1.29 is 9.15 Å². The first-order valence-electron chi connectivity index (χ1n) is 9.84. The largest absolute Gasteiger partial charge is 0.496 e. The summed E-state index contributed by atoms with van der Waals surface area (Å²) in [5, 5.41) is 5.78. The van der Waals surface area contributed by atoms with Crippen molar-refractivity contribution in [3.8, 4) is 17.3 Å². The zero-order valence-corrected chi connectivity index (χ0v) is 17.3. The van der Waals surface area contributed by atoms with Crippen LogP contribution in [0.3, 0.4) is 0 Å². The lowest BCUT2D eigenvalue weighted by Crippen LogP contribution is -2.20. The minimum absolute atomic E-state index is 0.269. The molecule has 0 spiro atoms. The number of aryl methyl sites for hydroxylation is 2. The molecular formula is C24H20N4O3. The number of methoxy groups -OCH3 is 1. The third kappa shape index (κ3) is 3.20. The molecule has 3 heterocycles. The molecule has 0 radical (unpaired) electrons. The Hall–Kier alpha value is -4.13. The highest BCUT2D eigenvalue weighted by atomic mass is 16.5. The number of nitrogens with zero attached hydrogens (tertiary/aromatic N) is 3. The zero-order chi connectivity index (χ0) is 21.5. The highest BCUT2D eigenvalue weighted by molar-refractivity contribution is 5.88. The van der Waals surface area contributed by atoms with Crippen LogP contribution in [0.1, 0.15) is 17.0 Å². The van der Waals surface area contributed by atoms with Gasteiger partial charge in [0, 0.05) is 17.0 Å². The lowest BCUT2D eigenvalue weighted by Gasteiger charge is -2.07. The molecule has 31 heavy (non-hydrogen) atoms. The van der Waals surface area contributed by atoms with E-state index in [2.05, 4.69) is 10.1 Å². The molecule has 0 saturated carbocycles. The van der Waals surface area contributed by atoms with Gasteiger partial charge in [0.25, 0.3) is 5.56 Å². The number of H-pyrrole nitrogens is 1. The van der Waals surface area contributed by atoms with Crippen LogP contribution in [0.15, 0.2) is 68.9 Å². The second kappa shape index (κ2) is 7.28. The van der Waals surface area contributed by atoms with E-state index in [4.69, 9.17) is 14.1 Å². The number of aromatic amines is 1. The number of rotatable bonds is 4. The summed E-state index contributed by atoms with van der Waals surface area (Å²) in [7, 11) is 1.61. The van der Waals surface area contributed by atoms with Gasteiger partial charge in [-0.15, -0.1) is 0 Å². The summed E-state index contributed by atoms with van der Waals surface area (Å²) in [5.41, 5.74) is 3.84. The molecule has 154 valence electrons. The SMILES string of the molecule is COc1cccc2oc(-c3nc4ccccc4c(=O)n3N=Cc3cc(C)[nH]c3C)cc12. The Balaban J connectivity index is 1.76. The second-order valence-corrected chi connectivity index (χ2v) is 7.33. The van der Waals surface area contributed by atoms with Crippen molar-refractivity contribution in [2.24, 2.45) is 5.10 Å². The molecule has 7 heteroatoms. The van der Waals surface area contributed by atoms with Gasteiger partial charge in [0.1, 0.15) is 11.3 Å². The standard InChI is InChI=1S/C24H20N4O3/c1-14-11-16(15(2)26-14)13-25-28-23(27-19-8-5-4-7-17(19)24(28)29)22-12-18-20(30-3)9-6-10-21(18)31-22/h4-13,26H,1-3H3. The summed E-state index contributed by atoms with van der Waals surface area (Å²) in [4.78, 5) is 21.2. The molecule has 5 rings (SSSR count). The molecule has 0 amide bonds. The van der Waals surface area contributed by atoms with Gasteiger partial charge in [-0.05, 0) is 50.2 Å². The Labute approximate surface area is 177 Å². The molecule has 2 aromatic carbocycles. The van der Waals surface area contributed by atoms with Crippen LogP contribution in [0.4, 0.5) is 0 Å². The number of furan rings is 1. The van der Waals surface area contributed by atoms with E-state index in [1.54, 1.807) is 25.5 Å². The Morgan fingerprint density at radius 1 is 1.10 bits per heavy atom. The fourth-order valence-corrected chi connectivity index (χ4v) is 3.71. The van der Waals surface area contributed by atoms with Crippen molar-refractivity contribution in [2.45, 2.75) is 13.8 Å². The predicted octanol–water partition coefficient (Wildman–Crippen LogP) is 4.65. The molecular weight excluding hydrogens is 392 g/mol. The summed E-state index contributed by atoms with van der Waals surface area (Å²) in [6, 6.07) is 16.6. The minimum atomic E-state index is -0.269. The number of fused-ring (bicyclic) bond motifs is 2. The number of aromatic nitrogens is 3.